The van der Waals surface area contributed by atoms with Gasteiger partial charge in [-0.2, -0.15) is 0 Å². The topological polar surface area (TPSA) is 34.1 Å². The van der Waals surface area contributed by atoms with Crippen molar-refractivity contribution < 1.29 is 9.59 Å². The summed E-state index contributed by atoms with van der Waals surface area (Å²) in [7, 11) is 0. The highest BCUT2D eigenvalue weighted by Gasteiger charge is 2.32. The summed E-state index contributed by atoms with van der Waals surface area (Å²) in [6.45, 7) is 0. The summed E-state index contributed by atoms with van der Waals surface area (Å²) in [6.07, 6.45) is 4.11. The SMILES string of the molecule is O=C(c1ccccc1)C(CC1CC=C(Cl)C1)C(=O)c1ccccc1. The largest absolute Gasteiger partial charge is 0.293 e. The van der Waals surface area contributed by atoms with Crippen LogP contribution in [0.3, 0.4) is 0 Å². The van der Waals surface area contributed by atoms with E-state index in [1.807, 2.05) is 42.5 Å². The lowest BCUT2D eigenvalue weighted by molar-refractivity contribution is 0.0784. The molecule has 0 aliphatic heterocycles. The molecule has 0 saturated heterocycles. The molecule has 3 rings (SSSR count). The molecule has 0 N–H and O–H groups in total. The first-order chi connectivity index (χ1) is 11.6. The van der Waals surface area contributed by atoms with Crippen molar-refractivity contribution in [3.8, 4) is 0 Å². The second-order valence-corrected chi connectivity index (χ2v) is 6.69. The van der Waals surface area contributed by atoms with Crippen LogP contribution in [0.25, 0.3) is 0 Å². The Labute approximate surface area is 147 Å². The summed E-state index contributed by atoms with van der Waals surface area (Å²) < 4.78 is 0. The molecule has 24 heavy (non-hydrogen) atoms. The number of benzene rings is 2. The summed E-state index contributed by atoms with van der Waals surface area (Å²) in [5.41, 5.74) is 1.17. The normalized spacial score (nSPS) is 16.9. The fourth-order valence-electron chi connectivity index (χ4n) is 3.19. The molecule has 0 bridgehead atoms. The van der Waals surface area contributed by atoms with E-state index in [1.165, 1.54) is 0 Å². The third kappa shape index (κ3) is 3.82. The molecule has 0 aromatic heterocycles. The quantitative estimate of drug-likeness (QED) is 0.529. The Morgan fingerprint density at radius 3 is 1.83 bits per heavy atom. The first kappa shape index (κ1) is 16.7. The molecule has 2 nitrogen and oxygen atoms in total. The Morgan fingerprint density at radius 1 is 0.917 bits per heavy atom. The van der Waals surface area contributed by atoms with Crippen molar-refractivity contribution in [2.75, 3.05) is 0 Å². The zero-order chi connectivity index (χ0) is 16.9. The van der Waals surface area contributed by atoms with Crippen molar-refractivity contribution in [1.29, 1.82) is 0 Å². The van der Waals surface area contributed by atoms with Gasteiger partial charge in [-0.05, 0) is 25.2 Å². The highest BCUT2D eigenvalue weighted by atomic mass is 35.5. The molecule has 122 valence electrons. The predicted octanol–water partition coefficient (Wildman–Crippen LogP) is 5.29. The zero-order valence-electron chi connectivity index (χ0n) is 13.3. The number of hydrogen-bond acceptors (Lipinski definition) is 2. The van der Waals surface area contributed by atoms with Gasteiger partial charge in [0.15, 0.2) is 11.6 Å². The van der Waals surface area contributed by atoms with Crippen LogP contribution in [0.4, 0.5) is 0 Å². The minimum absolute atomic E-state index is 0.104. The van der Waals surface area contributed by atoms with E-state index in [4.69, 9.17) is 11.6 Å². The number of ketones is 2. The first-order valence-corrected chi connectivity index (χ1v) is 8.56. The van der Waals surface area contributed by atoms with E-state index < -0.39 is 5.92 Å². The van der Waals surface area contributed by atoms with Crippen molar-refractivity contribution in [2.24, 2.45) is 11.8 Å². The van der Waals surface area contributed by atoms with E-state index in [1.54, 1.807) is 24.3 Å². The molecule has 2 aromatic rings. The molecular formula is C21H19ClO2. The van der Waals surface area contributed by atoms with Crippen LogP contribution in [0.15, 0.2) is 71.8 Å². The van der Waals surface area contributed by atoms with Gasteiger partial charge >= 0.3 is 0 Å². The van der Waals surface area contributed by atoms with Gasteiger partial charge in [0, 0.05) is 16.2 Å². The molecule has 0 spiro atoms. The highest BCUT2D eigenvalue weighted by Crippen LogP contribution is 2.34. The van der Waals surface area contributed by atoms with Crippen LogP contribution in [0.2, 0.25) is 0 Å². The van der Waals surface area contributed by atoms with Crippen LogP contribution in [0, 0.1) is 11.8 Å². The molecule has 0 heterocycles. The predicted molar refractivity (Wildman–Crippen MR) is 96.3 cm³/mol. The smallest absolute Gasteiger partial charge is 0.173 e. The van der Waals surface area contributed by atoms with E-state index in [0.29, 0.717) is 17.5 Å². The molecule has 0 amide bonds. The van der Waals surface area contributed by atoms with Gasteiger partial charge in [0.05, 0.1) is 5.92 Å². The maximum Gasteiger partial charge on any atom is 0.173 e. The molecule has 0 saturated carbocycles. The van der Waals surface area contributed by atoms with Crippen LogP contribution in [0.1, 0.15) is 40.0 Å². The minimum atomic E-state index is -0.657. The summed E-state index contributed by atoms with van der Waals surface area (Å²) in [5, 5.41) is 0.832. The number of carbonyl (C=O) groups excluding carboxylic acids is 2. The van der Waals surface area contributed by atoms with Crippen LogP contribution in [-0.2, 0) is 0 Å². The summed E-state index contributed by atoms with van der Waals surface area (Å²) >= 11 is 6.07. The average molecular weight is 339 g/mol. The van der Waals surface area contributed by atoms with Crippen LogP contribution < -0.4 is 0 Å². The van der Waals surface area contributed by atoms with Crippen molar-refractivity contribution in [2.45, 2.75) is 19.3 Å². The second kappa shape index (κ2) is 7.59. The fraction of sp³-hybridized carbons (Fsp3) is 0.238. The molecule has 1 atom stereocenters. The zero-order valence-corrected chi connectivity index (χ0v) is 14.1. The average Bonchev–Trinajstić information content (AvgIpc) is 3.05. The standard InChI is InChI=1S/C21H19ClO2/c22-18-12-11-15(13-18)14-19(20(23)16-7-3-1-4-8-16)21(24)17-9-5-2-6-10-17/h1-10,12,15,19H,11,13-14H2. The maximum atomic E-state index is 13.0. The fourth-order valence-corrected chi connectivity index (χ4v) is 3.50. The van der Waals surface area contributed by atoms with Crippen molar-refractivity contribution in [3.05, 3.63) is 82.9 Å². The number of allylic oxidation sites excluding steroid dienone is 2. The van der Waals surface area contributed by atoms with Crippen molar-refractivity contribution in [3.63, 3.8) is 0 Å². The Morgan fingerprint density at radius 2 is 1.42 bits per heavy atom. The molecule has 2 aromatic carbocycles. The Kier molecular flexibility index (Phi) is 5.27. The van der Waals surface area contributed by atoms with Gasteiger partial charge in [-0.15, -0.1) is 0 Å². The minimum Gasteiger partial charge on any atom is -0.293 e. The lowest BCUT2D eigenvalue weighted by atomic mass is 9.82. The summed E-state index contributed by atoms with van der Waals surface area (Å²) in [6, 6.07) is 18.1. The molecule has 1 aliphatic carbocycles. The van der Waals surface area contributed by atoms with Crippen LogP contribution in [0.5, 0.6) is 0 Å². The first-order valence-electron chi connectivity index (χ1n) is 8.18. The van der Waals surface area contributed by atoms with E-state index in [-0.39, 0.29) is 17.5 Å². The Bertz CT molecular complexity index is 698. The second-order valence-electron chi connectivity index (χ2n) is 6.21. The molecule has 0 radical (unpaired) electrons. The monoisotopic (exact) mass is 338 g/mol. The van der Waals surface area contributed by atoms with Gasteiger partial charge in [0.1, 0.15) is 0 Å². The van der Waals surface area contributed by atoms with Gasteiger partial charge in [0.2, 0.25) is 0 Å². The molecule has 1 unspecified atom stereocenters. The molecular weight excluding hydrogens is 320 g/mol. The van der Waals surface area contributed by atoms with Crippen molar-refractivity contribution >= 4 is 23.2 Å². The number of Topliss-reactive ketones (excluding diaryl/α,β-unsaturated/α-hetero) is 2. The van der Waals surface area contributed by atoms with Crippen LogP contribution in [-0.4, -0.2) is 11.6 Å². The van der Waals surface area contributed by atoms with Gasteiger partial charge < -0.3 is 0 Å². The molecule has 1 aliphatic rings. The van der Waals surface area contributed by atoms with Gasteiger partial charge in [-0.3, -0.25) is 9.59 Å². The van der Waals surface area contributed by atoms with Gasteiger partial charge in [-0.1, -0.05) is 78.3 Å². The highest BCUT2D eigenvalue weighted by molar-refractivity contribution is 6.29. The number of carbonyl (C=O) groups is 2. The summed E-state index contributed by atoms with van der Waals surface area (Å²) in [5.74, 6) is -0.612. The number of halogens is 1. The molecule has 0 fully saturated rings. The van der Waals surface area contributed by atoms with E-state index in [9.17, 15) is 9.59 Å². The van der Waals surface area contributed by atoms with Gasteiger partial charge in [0.25, 0.3) is 0 Å². The maximum absolute atomic E-state index is 13.0. The lowest BCUT2D eigenvalue weighted by Crippen LogP contribution is -2.26. The van der Waals surface area contributed by atoms with Gasteiger partial charge in [-0.25, -0.2) is 0 Å². The van der Waals surface area contributed by atoms with Crippen LogP contribution >= 0.6 is 11.6 Å². The third-order valence-corrected chi connectivity index (χ3v) is 4.78. The van der Waals surface area contributed by atoms with Crippen molar-refractivity contribution in [1.82, 2.24) is 0 Å². The Hall–Kier alpha value is -2.19. The van der Waals surface area contributed by atoms with E-state index in [2.05, 4.69) is 0 Å². The van der Waals surface area contributed by atoms with E-state index in [0.717, 1.165) is 17.9 Å². The third-order valence-electron chi connectivity index (χ3n) is 4.47. The Balaban J connectivity index is 1.86. The lowest BCUT2D eigenvalue weighted by Gasteiger charge is -2.19. The summed E-state index contributed by atoms with van der Waals surface area (Å²) in [4.78, 5) is 25.9. The molecule has 3 heteroatoms. The number of rotatable bonds is 6. The van der Waals surface area contributed by atoms with E-state index >= 15 is 0 Å². The number of hydrogen-bond donors (Lipinski definition) is 0.